The third-order valence-corrected chi connectivity index (χ3v) is 1.19. The molecule has 0 aliphatic carbocycles. The number of aromatic nitrogens is 1. The molecule has 0 atom stereocenters. The minimum absolute atomic E-state index is 0. The Morgan fingerprint density at radius 3 is 2.67 bits per heavy atom. The largest absolute Gasteiger partial charge is 0.477 e. The molecule has 0 aliphatic heterocycles. The van der Waals surface area contributed by atoms with Gasteiger partial charge in [0.25, 0.3) is 0 Å². The van der Waals surface area contributed by atoms with Crippen molar-refractivity contribution in [2.75, 3.05) is 0 Å². The average molecular weight is 190 g/mol. The van der Waals surface area contributed by atoms with Crippen LogP contribution in [0.1, 0.15) is 16.2 Å². The zero-order chi connectivity index (χ0) is 8.27. The Morgan fingerprint density at radius 2 is 2.17 bits per heavy atom. The molecule has 1 aromatic heterocycles. The van der Waals surface area contributed by atoms with Crippen LogP contribution >= 0.6 is 12.4 Å². The lowest BCUT2D eigenvalue weighted by atomic mass is 10.3. The summed E-state index contributed by atoms with van der Waals surface area (Å²) in [4.78, 5) is 14.0. The van der Waals surface area contributed by atoms with Crippen molar-refractivity contribution in [1.82, 2.24) is 4.98 Å². The van der Waals surface area contributed by atoms with E-state index in [2.05, 4.69) is 4.98 Å². The fourth-order valence-electron chi connectivity index (χ4n) is 0.687. The molecule has 0 aliphatic rings. The Balaban J connectivity index is 0.00000121. The highest BCUT2D eigenvalue weighted by atomic mass is 35.5. The van der Waals surface area contributed by atoms with Gasteiger partial charge in [-0.15, -0.1) is 12.4 Å². The van der Waals surface area contributed by atoms with E-state index < -0.39 is 5.97 Å². The molecule has 12 heavy (non-hydrogen) atoms. The van der Waals surface area contributed by atoms with E-state index in [0.29, 0.717) is 5.69 Å². The van der Waals surface area contributed by atoms with Crippen LogP contribution in [0.5, 0.6) is 0 Å². The first-order valence-corrected chi connectivity index (χ1v) is 3.04. The van der Waals surface area contributed by atoms with Gasteiger partial charge in [-0.3, -0.25) is 0 Å². The minimum Gasteiger partial charge on any atom is -0.477 e. The van der Waals surface area contributed by atoms with Crippen molar-refractivity contribution >= 4 is 18.4 Å². The fraction of sp³-hybridized carbons (Fsp3) is 0.143. The predicted octanol–water partition coefficient (Wildman–Crippen LogP) is 0.694. The number of hydrogen-bond donors (Lipinski definition) is 2. The van der Waals surface area contributed by atoms with Crippen LogP contribution in [0.15, 0.2) is 18.2 Å². The van der Waals surface area contributed by atoms with Gasteiger partial charge in [0.15, 0.2) is 0 Å². The van der Waals surface area contributed by atoms with Crippen LogP contribution in [0, 0.1) is 0 Å². The number of pyridine rings is 1. The molecular formula is C7H8ClNO3. The first-order chi connectivity index (χ1) is 5.24. The lowest BCUT2D eigenvalue weighted by Gasteiger charge is -1.95. The van der Waals surface area contributed by atoms with E-state index >= 15 is 0 Å². The number of carbonyl (C=O) groups is 1. The van der Waals surface area contributed by atoms with E-state index in [1.165, 1.54) is 6.07 Å². The minimum atomic E-state index is -1.08. The molecule has 2 N–H and O–H groups in total. The molecule has 0 unspecified atom stereocenters. The van der Waals surface area contributed by atoms with Gasteiger partial charge in [-0.25, -0.2) is 9.78 Å². The van der Waals surface area contributed by atoms with Gasteiger partial charge in [-0.2, -0.15) is 0 Å². The number of carboxylic acids is 1. The molecule has 66 valence electrons. The topological polar surface area (TPSA) is 70.4 Å². The summed E-state index contributed by atoms with van der Waals surface area (Å²) in [6.45, 7) is -0.235. The number of aliphatic hydroxyl groups is 1. The SMILES string of the molecule is Cl.O=C(O)c1cccc(CO)n1. The van der Waals surface area contributed by atoms with Gasteiger partial charge in [-0.1, -0.05) is 6.07 Å². The van der Waals surface area contributed by atoms with Gasteiger partial charge in [0.1, 0.15) is 5.69 Å². The summed E-state index contributed by atoms with van der Waals surface area (Å²) in [7, 11) is 0. The molecule has 1 aromatic rings. The maximum absolute atomic E-state index is 10.3. The zero-order valence-electron chi connectivity index (χ0n) is 6.10. The van der Waals surface area contributed by atoms with Gasteiger partial charge in [0.2, 0.25) is 0 Å². The second-order valence-electron chi connectivity index (χ2n) is 1.98. The van der Waals surface area contributed by atoms with Crippen molar-refractivity contribution in [3.05, 3.63) is 29.6 Å². The van der Waals surface area contributed by atoms with E-state index in [1.54, 1.807) is 12.1 Å². The molecule has 0 fully saturated rings. The van der Waals surface area contributed by atoms with E-state index in [-0.39, 0.29) is 24.7 Å². The molecule has 1 heterocycles. The van der Waals surface area contributed by atoms with E-state index in [0.717, 1.165) is 0 Å². The smallest absolute Gasteiger partial charge is 0.354 e. The van der Waals surface area contributed by atoms with Crippen LogP contribution in [0.2, 0.25) is 0 Å². The number of rotatable bonds is 2. The monoisotopic (exact) mass is 189 g/mol. The Morgan fingerprint density at radius 1 is 1.50 bits per heavy atom. The lowest BCUT2D eigenvalue weighted by Crippen LogP contribution is -2.01. The molecule has 0 saturated heterocycles. The van der Waals surface area contributed by atoms with Crippen molar-refractivity contribution in [2.45, 2.75) is 6.61 Å². The zero-order valence-corrected chi connectivity index (χ0v) is 6.91. The highest BCUT2D eigenvalue weighted by molar-refractivity contribution is 5.85. The summed E-state index contributed by atoms with van der Waals surface area (Å²) in [5.74, 6) is -1.08. The first-order valence-electron chi connectivity index (χ1n) is 3.04. The van der Waals surface area contributed by atoms with E-state index in [9.17, 15) is 4.79 Å². The Kier molecular flexibility index (Phi) is 4.25. The molecule has 0 amide bonds. The fourth-order valence-corrected chi connectivity index (χ4v) is 0.687. The third-order valence-electron chi connectivity index (χ3n) is 1.19. The molecule has 1 rings (SSSR count). The van der Waals surface area contributed by atoms with Crippen LogP contribution in [0.4, 0.5) is 0 Å². The second-order valence-corrected chi connectivity index (χ2v) is 1.98. The highest BCUT2D eigenvalue weighted by Crippen LogP contribution is 1.98. The van der Waals surface area contributed by atoms with Gasteiger partial charge < -0.3 is 10.2 Å². The maximum atomic E-state index is 10.3. The van der Waals surface area contributed by atoms with Crippen molar-refractivity contribution in [1.29, 1.82) is 0 Å². The molecule has 0 spiro atoms. The molecule has 0 saturated carbocycles. The second kappa shape index (κ2) is 4.69. The first kappa shape index (κ1) is 10.9. The highest BCUT2D eigenvalue weighted by Gasteiger charge is 2.03. The maximum Gasteiger partial charge on any atom is 0.354 e. The lowest BCUT2D eigenvalue weighted by molar-refractivity contribution is 0.0690. The Bertz CT molecular complexity index is 277. The molecule has 5 heteroatoms. The summed E-state index contributed by atoms with van der Waals surface area (Å²) in [6.07, 6.45) is 0. The third kappa shape index (κ3) is 2.48. The van der Waals surface area contributed by atoms with Crippen LogP contribution in [-0.4, -0.2) is 21.2 Å². The van der Waals surface area contributed by atoms with Gasteiger partial charge in [0.05, 0.1) is 12.3 Å². The van der Waals surface area contributed by atoms with Crippen molar-refractivity contribution < 1.29 is 15.0 Å². The molecule has 0 aromatic carbocycles. The molecule has 4 nitrogen and oxygen atoms in total. The molecule has 0 bridgehead atoms. The average Bonchev–Trinajstić information content (AvgIpc) is 2.05. The van der Waals surface area contributed by atoms with Crippen molar-refractivity contribution in [2.24, 2.45) is 0 Å². The number of aromatic carboxylic acids is 1. The van der Waals surface area contributed by atoms with Gasteiger partial charge in [-0.05, 0) is 12.1 Å². The number of halogens is 1. The predicted molar refractivity (Wildman–Crippen MR) is 44.4 cm³/mol. The standard InChI is InChI=1S/C7H7NO3.ClH/c9-4-5-2-1-3-6(8-5)7(10)11;/h1-3,9H,4H2,(H,10,11);1H. The van der Waals surface area contributed by atoms with Crippen LogP contribution in [-0.2, 0) is 6.61 Å². The normalized spacial score (nSPS) is 8.75. The Hall–Kier alpha value is -1.13. The van der Waals surface area contributed by atoms with Crippen LogP contribution < -0.4 is 0 Å². The van der Waals surface area contributed by atoms with E-state index in [1.807, 2.05) is 0 Å². The van der Waals surface area contributed by atoms with Gasteiger partial charge >= 0.3 is 5.97 Å². The summed E-state index contributed by atoms with van der Waals surface area (Å²) >= 11 is 0. The van der Waals surface area contributed by atoms with Gasteiger partial charge in [0, 0.05) is 0 Å². The van der Waals surface area contributed by atoms with Crippen LogP contribution in [0.25, 0.3) is 0 Å². The molecule has 0 radical (unpaired) electrons. The molecular weight excluding hydrogens is 182 g/mol. The number of aliphatic hydroxyl groups excluding tert-OH is 1. The van der Waals surface area contributed by atoms with E-state index in [4.69, 9.17) is 10.2 Å². The van der Waals surface area contributed by atoms with Crippen LogP contribution in [0.3, 0.4) is 0 Å². The Labute approximate surface area is 75.3 Å². The quantitative estimate of drug-likeness (QED) is 0.718. The summed E-state index contributed by atoms with van der Waals surface area (Å²) < 4.78 is 0. The van der Waals surface area contributed by atoms with Crippen molar-refractivity contribution in [3.63, 3.8) is 0 Å². The van der Waals surface area contributed by atoms with Crippen molar-refractivity contribution in [3.8, 4) is 0 Å². The summed E-state index contributed by atoms with van der Waals surface area (Å²) in [6, 6.07) is 4.48. The summed E-state index contributed by atoms with van der Waals surface area (Å²) in [5.41, 5.74) is 0.321. The number of nitrogens with zero attached hydrogens (tertiary/aromatic N) is 1. The number of hydrogen-bond acceptors (Lipinski definition) is 3. The summed E-state index contributed by atoms with van der Waals surface area (Å²) in [5, 5.41) is 17.0. The number of carboxylic acid groups (broad SMARTS) is 1.